The molecule has 2 aliphatic rings. The van der Waals surface area contributed by atoms with E-state index < -0.39 is 5.79 Å². The maximum Gasteiger partial charge on any atom is 0.163 e. The van der Waals surface area contributed by atoms with Gasteiger partial charge in [-0.3, -0.25) is 0 Å². The molecular formula is C11H18O3. The first-order chi connectivity index (χ1) is 6.58. The molecule has 2 rings (SSSR count). The maximum absolute atomic E-state index is 11.1. The van der Waals surface area contributed by atoms with Crippen LogP contribution in [-0.4, -0.2) is 24.8 Å². The highest BCUT2D eigenvalue weighted by Crippen LogP contribution is 2.46. The van der Waals surface area contributed by atoms with Gasteiger partial charge in [-0.05, 0) is 33.1 Å². The van der Waals surface area contributed by atoms with Gasteiger partial charge in [-0.25, -0.2) is 0 Å². The lowest BCUT2D eigenvalue weighted by Crippen LogP contribution is -2.51. The van der Waals surface area contributed by atoms with E-state index in [0.717, 1.165) is 32.0 Å². The Hall–Kier alpha value is -0.410. The van der Waals surface area contributed by atoms with Crippen LogP contribution < -0.4 is 0 Å². The average molecular weight is 198 g/mol. The van der Waals surface area contributed by atoms with E-state index in [9.17, 15) is 4.79 Å². The van der Waals surface area contributed by atoms with Gasteiger partial charge < -0.3 is 14.3 Å². The van der Waals surface area contributed by atoms with Crippen LogP contribution in [-0.2, 0) is 14.3 Å². The van der Waals surface area contributed by atoms with Crippen LogP contribution in [0.4, 0.5) is 0 Å². The normalized spacial score (nSPS) is 34.6. The molecule has 2 fully saturated rings. The summed E-state index contributed by atoms with van der Waals surface area (Å²) in [5, 5.41) is 0. The molecule has 1 saturated heterocycles. The monoisotopic (exact) mass is 198 g/mol. The third-order valence-electron chi connectivity index (χ3n) is 3.42. The molecule has 0 aromatic rings. The second kappa shape index (κ2) is 3.31. The van der Waals surface area contributed by atoms with Gasteiger partial charge in [0.05, 0.1) is 18.1 Å². The van der Waals surface area contributed by atoms with E-state index in [1.54, 1.807) is 0 Å². The van der Waals surface area contributed by atoms with E-state index in [1.807, 2.05) is 13.8 Å². The van der Waals surface area contributed by atoms with Crippen molar-refractivity contribution in [2.75, 3.05) is 6.61 Å². The zero-order valence-corrected chi connectivity index (χ0v) is 8.91. The van der Waals surface area contributed by atoms with Crippen molar-refractivity contribution >= 4 is 6.29 Å². The van der Waals surface area contributed by atoms with E-state index in [4.69, 9.17) is 9.47 Å². The molecule has 1 aliphatic heterocycles. The van der Waals surface area contributed by atoms with E-state index >= 15 is 0 Å². The summed E-state index contributed by atoms with van der Waals surface area (Å²) in [4.78, 5) is 11.1. The first kappa shape index (κ1) is 10.1. The smallest absolute Gasteiger partial charge is 0.163 e. The van der Waals surface area contributed by atoms with E-state index in [0.29, 0.717) is 6.61 Å². The molecule has 0 bridgehead atoms. The summed E-state index contributed by atoms with van der Waals surface area (Å²) in [5.41, 5.74) is -0.193. The minimum absolute atomic E-state index is 0.0671. The Morgan fingerprint density at radius 1 is 1.36 bits per heavy atom. The molecule has 1 unspecified atom stereocenters. The Bertz CT molecular complexity index is 231. The van der Waals surface area contributed by atoms with Crippen molar-refractivity contribution in [1.82, 2.24) is 0 Å². The average Bonchev–Trinajstić information content (AvgIpc) is 2.01. The summed E-state index contributed by atoms with van der Waals surface area (Å²) in [6.07, 6.45) is 5.14. The molecule has 1 saturated carbocycles. The van der Waals surface area contributed by atoms with Crippen LogP contribution in [0.5, 0.6) is 0 Å². The van der Waals surface area contributed by atoms with Gasteiger partial charge in [0.1, 0.15) is 6.29 Å². The number of rotatable bonds is 2. The summed E-state index contributed by atoms with van der Waals surface area (Å²) < 4.78 is 11.3. The SMILES string of the molecule is CC1(C)OCCC(C2(C=O)CCC2)O1. The standard InChI is InChI=1S/C11H18O3/c1-10(2)13-7-4-9(14-10)11(8-12)5-3-6-11/h8-9H,3-7H2,1-2H3. The lowest BCUT2D eigenvalue weighted by atomic mass is 9.65. The quantitative estimate of drug-likeness (QED) is 0.636. The summed E-state index contributed by atoms with van der Waals surface area (Å²) in [7, 11) is 0. The second-order valence-electron chi connectivity index (χ2n) is 4.85. The second-order valence-corrected chi connectivity index (χ2v) is 4.85. The summed E-state index contributed by atoms with van der Waals surface area (Å²) in [5.74, 6) is -0.519. The third-order valence-corrected chi connectivity index (χ3v) is 3.42. The fourth-order valence-electron chi connectivity index (χ4n) is 2.35. The number of carbonyl (C=O) groups excluding carboxylic acids is 1. The van der Waals surface area contributed by atoms with E-state index in [2.05, 4.69) is 0 Å². The number of hydrogen-bond donors (Lipinski definition) is 0. The molecule has 1 heterocycles. The van der Waals surface area contributed by atoms with Crippen molar-refractivity contribution in [3.8, 4) is 0 Å². The summed E-state index contributed by atoms with van der Waals surface area (Å²) in [6, 6.07) is 0. The van der Waals surface area contributed by atoms with Crippen LogP contribution in [0.2, 0.25) is 0 Å². The Labute approximate surface area is 84.8 Å². The van der Waals surface area contributed by atoms with Crippen LogP contribution in [0.3, 0.4) is 0 Å². The van der Waals surface area contributed by atoms with Crippen molar-refractivity contribution in [1.29, 1.82) is 0 Å². The van der Waals surface area contributed by atoms with Crippen LogP contribution in [0, 0.1) is 5.41 Å². The molecule has 0 aromatic carbocycles. The maximum atomic E-state index is 11.1. The zero-order valence-electron chi connectivity index (χ0n) is 8.91. The predicted octanol–water partition coefficient (Wildman–Crippen LogP) is 1.90. The molecule has 0 N–H and O–H groups in total. The molecule has 0 spiro atoms. The van der Waals surface area contributed by atoms with Crippen molar-refractivity contribution in [2.24, 2.45) is 5.41 Å². The number of carbonyl (C=O) groups is 1. The Kier molecular flexibility index (Phi) is 2.40. The Balaban J connectivity index is 2.06. The molecule has 1 atom stereocenters. The Morgan fingerprint density at radius 2 is 2.07 bits per heavy atom. The molecule has 0 amide bonds. The molecule has 0 aromatic heterocycles. The lowest BCUT2D eigenvalue weighted by molar-refractivity contribution is -0.296. The van der Waals surface area contributed by atoms with Crippen LogP contribution >= 0.6 is 0 Å². The molecule has 80 valence electrons. The molecule has 14 heavy (non-hydrogen) atoms. The molecule has 3 heteroatoms. The first-order valence-electron chi connectivity index (χ1n) is 5.36. The largest absolute Gasteiger partial charge is 0.350 e. The minimum Gasteiger partial charge on any atom is -0.350 e. The molecule has 3 nitrogen and oxygen atoms in total. The van der Waals surface area contributed by atoms with Crippen LogP contribution in [0.15, 0.2) is 0 Å². The van der Waals surface area contributed by atoms with Crippen molar-refractivity contribution in [3.63, 3.8) is 0 Å². The number of aldehydes is 1. The van der Waals surface area contributed by atoms with Gasteiger partial charge in [0, 0.05) is 0 Å². The topological polar surface area (TPSA) is 35.5 Å². The van der Waals surface area contributed by atoms with E-state index in [1.165, 1.54) is 0 Å². The van der Waals surface area contributed by atoms with Crippen LogP contribution in [0.25, 0.3) is 0 Å². The van der Waals surface area contributed by atoms with Gasteiger partial charge in [0.25, 0.3) is 0 Å². The highest BCUT2D eigenvalue weighted by molar-refractivity contribution is 5.62. The lowest BCUT2D eigenvalue weighted by Gasteiger charge is -2.48. The van der Waals surface area contributed by atoms with Gasteiger partial charge in [0.2, 0.25) is 0 Å². The molecular weight excluding hydrogens is 180 g/mol. The van der Waals surface area contributed by atoms with Gasteiger partial charge >= 0.3 is 0 Å². The van der Waals surface area contributed by atoms with Gasteiger partial charge in [0.15, 0.2) is 5.79 Å². The third kappa shape index (κ3) is 1.59. The first-order valence-corrected chi connectivity index (χ1v) is 5.36. The highest BCUT2D eigenvalue weighted by atomic mass is 16.7. The Morgan fingerprint density at radius 3 is 2.50 bits per heavy atom. The van der Waals surface area contributed by atoms with Gasteiger partial charge in [-0.15, -0.1) is 0 Å². The van der Waals surface area contributed by atoms with Gasteiger partial charge in [-0.1, -0.05) is 6.42 Å². The molecule has 0 radical (unpaired) electrons. The van der Waals surface area contributed by atoms with Crippen molar-refractivity contribution in [2.45, 2.75) is 51.4 Å². The van der Waals surface area contributed by atoms with Crippen LogP contribution in [0.1, 0.15) is 39.5 Å². The van der Waals surface area contributed by atoms with Crippen molar-refractivity contribution in [3.05, 3.63) is 0 Å². The minimum atomic E-state index is -0.519. The molecule has 1 aliphatic carbocycles. The number of ether oxygens (including phenoxy) is 2. The van der Waals surface area contributed by atoms with Crippen molar-refractivity contribution < 1.29 is 14.3 Å². The zero-order chi connectivity index (χ0) is 10.2. The highest BCUT2D eigenvalue weighted by Gasteiger charge is 2.48. The summed E-state index contributed by atoms with van der Waals surface area (Å²) >= 11 is 0. The number of hydrogen-bond acceptors (Lipinski definition) is 3. The summed E-state index contributed by atoms with van der Waals surface area (Å²) in [6.45, 7) is 4.53. The van der Waals surface area contributed by atoms with Gasteiger partial charge in [-0.2, -0.15) is 0 Å². The van der Waals surface area contributed by atoms with E-state index in [-0.39, 0.29) is 11.5 Å². The fourth-order valence-corrected chi connectivity index (χ4v) is 2.35. The fraction of sp³-hybridized carbons (Fsp3) is 0.909. The predicted molar refractivity (Wildman–Crippen MR) is 51.9 cm³/mol.